The third-order valence-corrected chi connectivity index (χ3v) is 13.3. The fourth-order valence-corrected chi connectivity index (χ4v) is 8.85. The highest BCUT2D eigenvalue weighted by atomic mass is 16.6. The number of carbonyl (C=O) groups is 2. The van der Waals surface area contributed by atoms with E-state index in [-0.39, 0.29) is 25.2 Å². The summed E-state index contributed by atoms with van der Waals surface area (Å²) in [5.41, 5.74) is 0. The van der Waals surface area contributed by atoms with Crippen LogP contribution < -0.4 is 0 Å². The van der Waals surface area contributed by atoms with Gasteiger partial charge in [-0.25, -0.2) is 0 Å². The summed E-state index contributed by atoms with van der Waals surface area (Å²) in [4.78, 5) is 24.4. The van der Waals surface area contributed by atoms with Gasteiger partial charge in [-0.15, -0.1) is 0 Å². The first-order valence-electron chi connectivity index (χ1n) is 29.7. The van der Waals surface area contributed by atoms with Crippen LogP contribution in [0.4, 0.5) is 0 Å². The number of hydrogen-bond acceptors (Lipinski definition) is 5. The van der Waals surface area contributed by atoms with Crippen molar-refractivity contribution < 1.29 is 24.2 Å². The summed E-state index contributed by atoms with van der Waals surface area (Å²) in [5.74, 6) is -0.589. The SMILES string of the molecule is CCCCC/C=C\CCCCCCCC(=O)OCC(CO)OC(=O)CCCCCCCCCCCCCCCCCCCCCCCCCCCC/C=C\C/C=C\C/C=C\CCCCCCC. The van der Waals surface area contributed by atoms with E-state index in [1.165, 1.54) is 231 Å². The molecule has 1 unspecified atom stereocenters. The molecule has 0 aromatic carbocycles. The average Bonchev–Trinajstić information content (AvgIpc) is 3.33. The van der Waals surface area contributed by atoms with Crippen LogP contribution in [0.2, 0.25) is 0 Å². The molecule has 0 heterocycles. The van der Waals surface area contributed by atoms with Gasteiger partial charge in [0.2, 0.25) is 0 Å². The molecule has 0 bridgehead atoms. The van der Waals surface area contributed by atoms with Crippen molar-refractivity contribution in [2.75, 3.05) is 13.2 Å². The Hall–Kier alpha value is -2.14. The maximum Gasteiger partial charge on any atom is 0.306 e. The molecule has 1 N–H and O–H groups in total. The van der Waals surface area contributed by atoms with Crippen molar-refractivity contribution in [1.29, 1.82) is 0 Å². The molecular formula is C62H114O5. The van der Waals surface area contributed by atoms with Gasteiger partial charge >= 0.3 is 11.9 Å². The fraction of sp³-hybridized carbons (Fsp3) is 0.839. The normalized spacial score (nSPS) is 12.5. The van der Waals surface area contributed by atoms with Crippen LogP contribution in [0, 0.1) is 0 Å². The third kappa shape index (κ3) is 56.3. The first kappa shape index (κ1) is 64.9. The van der Waals surface area contributed by atoms with E-state index in [1.807, 2.05) is 0 Å². The minimum Gasteiger partial charge on any atom is -0.462 e. The van der Waals surface area contributed by atoms with Crippen LogP contribution >= 0.6 is 0 Å². The van der Waals surface area contributed by atoms with Crippen LogP contribution in [0.3, 0.4) is 0 Å². The van der Waals surface area contributed by atoms with Crippen molar-refractivity contribution in [3.8, 4) is 0 Å². The zero-order valence-electron chi connectivity index (χ0n) is 44.9. The molecule has 0 spiro atoms. The quantitative estimate of drug-likeness (QED) is 0.0374. The van der Waals surface area contributed by atoms with E-state index >= 15 is 0 Å². The van der Waals surface area contributed by atoms with Crippen molar-refractivity contribution in [1.82, 2.24) is 0 Å². The average molecular weight is 940 g/mol. The van der Waals surface area contributed by atoms with Crippen molar-refractivity contribution >= 4 is 11.9 Å². The molecule has 0 amide bonds. The van der Waals surface area contributed by atoms with E-state index < -0.39 is 6.10 Å². The fourth-order valence-electron chi connectivity index (χ4n) is 8.85. The molecule has 5 nitrogen and oxygen atoms in total. The number of rotatable bonds is 55. The monoisotopic (exact) mass is 939 g/mol. The second-order valence-corrected chi connectivity index (χ2v) is 20.1. The van der Waals surface area contributed by atoms with Gasteiger partial charge in [-0.05, 0) is 77.0 Å². The first-order valence-corrected chi connectivity index (χ1v) is 29.7. The molecular weight excluding hydrogens is 825 g/mol. The lowest BCUT2D eigenvalue weighted by atomic mass is 10.0. The van der Waals surface area contributed by atoms with Crippen molar-refractivity contribution in [3.05, 3.63) is 48.6 Å². The van der Waals surface area contributed by atoms with Gasteiger partial charge in [-0.2, -0.15) is 0 Å². The molecule has 0 aromatic rings. The summed E-state index contributed by atoms with van der Waals surface area (Å²) in [6, 6.07) is 0. The Morgan fingerprint density at radius 3 is 0.940 bits per heavy atom. The van der Waals surface area contributed by atoms with Crippen LogP contribution in [0.5, 0.6) is 0 Å². The number of aliphatic hydroxyl groups excluding tert-OH is 1. The third-order valence-electron chi connectivity index (χ3n) is 13.3. The lowest BCUT2D eigenvalue weighted by Crippen LogP contribution is -2.28. The molecule has 0 aliphatic carbocycles. The van der Waals surface area contributed by atoms with Gasteiger partial charge in [0.05, 0.1) is 6.61 Å². The number of unbranched alkanes of at least 4 members (excludes halogenated alkanes) is 39. The molecule has 0 saturated carbocycles. The van der Waals surface area contributed by atoms with E-state index in [9.17, 15) is 14.7 Å². The smallest absolute Gasteiger partial charge is 0.306 e. The molecule has 392 valence electrons. The topological polar surface area (TPSA) is 72.8 Å². The summed E-state index contributed by atoms with van der Waals surface area (Å²) >= 11 is 0. The molecule has 0 saturated heterocycles. The first-order chi connectivity index (χ1) is 33.1. The Bertz CT molecular complexity index is 1110. The second kappa shape index (κ2) is 58.2. The van der Waals surface area contributed by atoms with Crippen LogP contribution in [-0.4, -0.2) is 36.4 Å². The Kier molecular flexibility index (Phi) is 56.3. The molecule has 5 heteroatoms. The summed E-state index contributed by atoms with van der Waals surface area (Å²) in [7, 11) is 0. The van der Waals surface area contributed by atoms with Crippen LogP contribution in [0.25, 0.3) is 0 Å². The van der Waals surface area contributed by atoms with Gasteiger partial charge in [0.15, 0.2) is 6.10 Å². The van der Waals surface area contributed by atoms with Crippen molar-refractivity contribution in [2.24, 2.45) is 0 Å². The number of carbonyl (C=O) groups excluding carboxylic acids is 2. The van der Waals surface area contributed by atoms with Crippen LogP contribution in [-0.2, 0) is 19.1 Å². The van der Waals surface area contributed by atoms with Gasteiger partial charge in [0.1, 0.15) is 6.61 Å². The van der Waals surface area contributed by atoms with Gasteiger partial charge in [-0.3, -0.25) is 9.59 Å². The zero-order chi connectivity index (χ0) is 48.5. The molecule has 0 aliphatic heterocycles. The summed E-state index contributed by atoms with van der Waals surface area (Å²) in [5, 5.41) is 9.61. The predicted octanol–water partition coefficient (Wildman–Crippen LogP) is 20.0. The van der Waals surface area contributed by atoms with Gasteiger partial charge in [0, 0.05) is 12.8 Å². The van der Waals surface area contributed by atoms with E-state index in [0.29, 0.717) is 12.8 Å². The lowest BCUT2D eigenvalue weighted by Gasteiger charge is -2.15. The molecule has 0 rings (SSSR count). The molecule has 1 atom stereocenters. The summed E-state index contributed by atoms with van der Waals surface area (Å²) < 4.78 is 10.7. The zero-order valence-corrected chi connectivity index (χ0v) is 44.9. The minimum absolute atomic E-state index is 0.0663. The highest BCUT2D eigenvalue weighted by Crippen LogP contribution is 2.17. The van der Waals surface area contributed by atoms with Gasteiger partial charge in [0.25, 0.3) is 0 Å². The molecule has 0 aromatic heterocycles. The Labute approximate surface area is 418 Å². The molecule has 0 fully saturated rings. The number of esters is 2. The Morgan fingerprint density at radius 2 is 0.597 bits per heavy atom. The molecule has 0 aliphatic rings. The highest BCUT2D eigenvalue weighted by Gasteiger charge is 2.16. The summed E-state index contributed by atoms with van der Waals surface area (Å²) in [6.45, 7) is 4.12. The van der Waals surface area contributed by atoms with Crippen molar-refractivity contribution in [3.63, 3.8) is 0 Å². The predicted molar refractivity (Wildman–Crippen MR) is 293 cm³/mol. The Morgan fingerprint density at radius 1 is 0.343 bits per heavy atom. The minimum atomic E-state index is -0.772. The van der Waals surface area contributed by atoms with Crippen LogP contribution in [0.1, 0.15) is 316 Å². The van der Waals surface area contributed by atoms with Crippen LogP contribution in [0.15, 0.2) is 48.6 Å². The van der Waals surface area contributed by atoms with E-state index in [1.54, 1.807) is 0 Å². The van der Waals surface area contributed by atoms with Gasteiger partial charge < -0.3 is 14.6 Å². The molecule has 0 radical (unpaired) electrons. The maximum atomic E-state index is 12.3. The molecule has 67 heavy (non-hydrogen) atoms. The lowest BCUT2D eigenvalue weighted by molar-refractivity contribution is -0.161. The van der Waals surface area contributed by atoms with Gasteiger partial charge in [-0.1, -0.05) is 274 Å². The standard InChI is InChI=1S/C62H114O5/c1-3-5-7-9-11-13-15-17-18-19-20-21-22-23-24-25-26-27-28-29-30-31-32-33-34-35-36-37-38-39-40-41-42-43-44-45-47-49-51-53-55-57-62(65)67-60(58-63)59-66-61(64)56-54-52-50-48-46-16-14-12-10-8-6-4-2/h12,14-15,17,19-20,22-23,60,63H,3-11,13,16,18,21,24-59H2,1-2H3/b14-12-,17-15-,20-19-,23-22-. The van der Waals surface area contributed by atoms with E-state index in [2.05, 4.69) is 62.5 Å². The van der Waals surface area contributed by atoms with Crippen molar-refractivity contribution in [2.45, 2.75) is 322 Å². The maximum absolute atomic E-state index is 12.3. The Balaban J connectivity index is 3.36. The summed E-state index contributed by atoms with van der Waals surface area (Å²) in [6.07, 6.45) is 77.0. The highest BCUT2D eigenvalue weighted by molar-refractivity contribution is 5.70. The number of hydrogen-bond donors (Lipinski definition) is 1. The largest absolute Gasteiger partial charge is 0.462 e. The van der Waals surface area contributed by atoms with E-state index in [4.69, 9.17) is 9.47 Å². The number of aliphatic hydroxyl groups is 1. The van der Waals surface area contributed by atoms with E-state index in [0.717, 1.165) is 57.8 Å². The number of allylic oxidation sites excluding steroid dienone is 8. The second-order valence-electron chi connectivity index (χ2n) is 20.1. The number of ether oxygens (including phenoxy) is 2.